The quantitative estimate of drug-likeness (QED) is 0.777. The maximum absolute atomic E-state index is 12.2. The summed E-state index contributed by atoms with van der Waals surface area (Å²) in [5.41, 5.74) is 3.07. The Morgan fingerprint density at radius 2 is 1.52 bits per heavy atom. The van der Waals surface area contributed by atoms with Gasteiger partial charge in [0, 0.05) is 30.3 Å². The molecule has 0 spiro atoms. The second-order valence-corrected chi connectivity index (χ2v) is 6.36. The Bertz CT molecular complexity index is 594. The number of Topliss-reactive ketones (excluding diaryl/α,β-unsaturated/α-hetero) is 1. The highest BCUT2D eigenvalue weighted by atomic mass is 16.1. The highest BCUT2D eigenvalue weighted by Gasteiger charge is 2.17. The molecule has 0 saturated heterocycles. The maximum atomic E-state index is 12.2. The Morgan fingerprint density at radius 3 is 2.05 bits per heavy atom. The van der Waals surface area contributed by atoms with Gasteiger partial charge in [-0.3, -0.25) is 4.79 Å². The van der Waals surface area contributed by atoms with Crippen LogP contribution in [0.1, 0.15) is 36.7 Å². The predicted octanol–water partition coefficient (Wildman–Crippen LogP) is 4.35. The Morgan fingerprint density at radius 1 is 0.952 bits per heavy atom. The van der Waals surface area contributed by atoms with E-state index in [1.54, 1.807) is 0 Å². The largest absolute Gasteiger partial charge is 0.370 e. The van der Waals surface area contributed by atoms with Crippen LogP contribution in [-0.4, -0.2) is 18.4 Å². The first kappa shape index (κ1) is 15.3. The molecule has 2 aromatic rings. The zero-order chi connectivity index (χ0) is 15.5. The zero-order valence-corrected chi connectivity index (χ0v) is 13.3. The normalized spacial score (nSPS) is 11.2. The van der Waals surface area contributed by atoms with E-state index >= 15 is 0 Å². The van der Waals surface area contributed by atoms with Crippen molar-refractivity contribution in [2.75, 3.05) is 11.9 Å². The van der Waals surface area contributed by atoms with Gasteiger partial charge in [-0.05, 0) is 38.5 Å². The molecule has 110 valence electrons. The third-order valence-electron chi connectivity index (χ3n) is 3.79. The minimum atomic E-state index is 0.0847. The first-order chi connectivity index (χ1) is 9.88. The molecule has 0 N–H and O–H groups in total. The van der Waals surface area contributed by atoms with E-state index in [1.165, 1.54) is 5.69 Å². The molecular formula is C19H23NO. The molecule has 0 unspecified atom stereocenters. The summed E-state index contributed by atoms with van der Waals surface area (Å²) < 4.78 is 0. The summed E-state index contributed by atoms with van der Waals surface area (Å²) in [5.74, 6) is 0.160. The Labute approximate surface area is 127 Å². The van der Waals surface area contributed by atoms with Crippen LogP contribution >= 0.6 is 0 Å². The van der Waals surface area contributed by atoms with Gasteiger partial charge in [0.05, 0.1) is 0 Å². The fraction of sp³-hybridized carbons (Fsp3) is 0.316. The molecule has 0 heterocycles. The van der Waals surface area contributed by atoms with E-state index in [9.17, 15) is 4.79 Å². The van der Waals surface area contributed by atoms with Gasteiger partial charge >= 0.3 is 0 Å². The number of hydrogen-bond donors (Lipinski definition) is 0. The molecule has 0 bridgehead atoms. The lowest BCUT2D eigenvalue weighted by Gasteiger charge is -2.34. The van der Waals surface area contributed by atoms with E-state index in [0.29, 0.717) is 6.42 Å². The fourth-order valence-corrected chi connectivity index (χ4v) is 2.14. The van der Waals surface area contributed by atoms with E-state index in [0.717, 1.165) is 11.1 Å². The van der Waals surface area contributed by atoms with E-state index in [1.807, 2.05) is 42.5 Å². The van der Waals surface area contributed by atoms with Gasteiger partial charge in [-0.15, -0.1) is 0 Å². The summed E-state index contributed by atoms with van der Waals surface area (Å²) >= 11 is 0. The zero-order valence-electron chi connectivity index (χ0n) is 13.3. The Balaban J connectivity index is 2.08. The molecule has 0 aliphatic heterocycles. The highest BCUT2D eigenvalue weighted by molar-refractivity contribution is 5.97. The van der Waals surface area contributed by atoms with E-state index in [4.69, 9.17) is 0 Å². The van der Waals surface area contributed by atoms with Crippen LogP contribution in [0.5, 0.6) is 0 Å². The molecule has 0 saturated carbocycles. The molecule has 0 radical (unpaired) electrons. The number of hydrogen-bond acceptors (Lipinski definition) is 2. The number of ketones is 1. The van der Waals surface area contributed by atoms with Gasteiger partial charge in [-0.25, -0.2) is 0 Å². The van der Waals surface area contributed by atoms with Crippen molar-refractivity contribution in [3.63, 3.8) is 0 Å². The van der Waals surface area contributed by atoms with Crippen LogP contribution < -0.4 is 4.90 Å². The smallest absolute Gasteiger partial charge is 0.167 e. The van der Waals surface area contributed by atoms with Crippen molar-refractivity contribution in [2.45, 2.75) is 32.7 Å². The summed E-state index contributed by atoms with van der Waals surface area (Å²) in [6.45, 7) is 6.54. The van der Waals surface area contributed by atoms with Crippen LogP contribution in [0.2, 0.25) is 0 Å². The van der Waals surface area contributed by atoms with Crippen LogP contribution in [0.4, 0.5) is 5.69 Å². The van der Waals surface area contributed by atoms with E-state index < -0.39 is 0 Å². The first-order valence-corrected chi connectivity index (χ1v) is 7.29. The van der Waals surface area contributed by atoms with Crippen molar-refractivity contribution >= 4 is 11.5 Å². The van der Waals surface area contributed by atoms with E-state index in [2.05, 4.69) is 44.9 Å². The number of benzene rings is 2. The molecule has 0 aliphatic rings. The number of anilines is 1. The molecule has 21 heavy (non-hydrogen) atoms. The van der Waals surface area contributed by atoms with Gasteiger partial charge in [-0.1, -0.05) is 42.5 Å². The molecule has 0 aromatic heterocycles. The number of carbonyl (C=O) groups excluding carboxylic acids is 1. The van der Waals surface area contributed by atoms with Crippen LogP contribution in [0.25, 0.3) is 0 Å². The summed E-state index contributed by atoms with van der Waals surface area (Å²) in [4.78, 5) is 14.4. The lowest BCUT2D eigenvalue weighted by molar-refractivity contribution is 0.0993. The number of nitrogens with zero attached hydrogens (tertiary/aromatic N) is 1. The van der Waals surface area contributed by atoms with Crippen LogP contribution in [0.3, 0.4) is 0 Å². The Kier molecular flexibility index (Phi) is 4.46. The molecule has 2 nitrogen and oxygen atoms in total. The molecule has 0 fully saturated rings. The van der Waals surface area contributed by atoms with Gasteiger partial charge in [0.2, 0.25) is 0 Å². The standard InChI is InChI=1S/C19H23NO/c1-19(2,3)20(4)17-12-10-15(11-13-17)14-18(21)16-8-6-5-7-9-16/h5-13H,14H2,1-4H3. The number of rotatable bonds is 4. The lowest BCUT2D eigenvalue weighted by Crippen LogP contribution is -2.37. The van der Waals surface area contributed by atoms with Crippen LogP contribution in [0, 0.1) is 0 Å². The fourth-order valence-electron chi connectivity index (χ4n) is 2.14. The summed E-state index contributed by atoms with van der Waals surface area (Å²) in [6.07, 6.45) is 0.448. The van der Waals surface area contributed by atoms with Gasteiger partial charge < -0.3 is 4.90 Å². The molecule has 2 aromatic carbocycles. The second kappa shape index (κ2) is 6.13. The monoisotopic (exact) mass is 281 g/mol. The van der Waals surface area contributed by atoms with Gasteiger partial charge in [0.25, 0.3) is 0 Å². The topological polar surface area (TPSA) is 20.3 Å². The number of carbonyl (C=O) groups is 1. The lowest BCUT2D eigenvalue weighted by atomic mass is 10.0. The third-order valence-corrected chi connectivity index (χ3v) is 3.79. The van der Waals surface area contributed by atoms with Crippen molar-refractivity contribution in [1.29, 1.82) is 0 Å². The minimum absolute atomic E-state index is 0.0847. The van der Waals surface area contributed by atoms with E-state index in [-0.39, 0.29) is 11.3 Å². The Hall–Kier alpha value is -2.09. The molecule has 0 amide bonds. The average molecular weight is 281 g/mol. The molecule has 0 aliphatic carbocycles. The van der Waals surface area contributed by atoms with Crippen molar-refractivity contribution in [2.24, 2.45) is 0 Å². The van der Waals surface area contributed by atoms with Crippen molar-refractivity contribution in [3.05, 3.63) is 65.7 Å². The maximum Gasteiger partial charge on any atom is 0.167 e. The van der Waals surface area contributed by atoms with Crippen LogP contribution in [-0.2, 0) is 6.42 Å². The van der Waals surface area contributed by atoms with Crippen LogP contribution in [0.15, 0.2) is 54.6 Å². The highest BCUT2D eigenvalue weighted by Crippen LogP contribution is 2.22. The average Bonchev–Trinajstić information content (AvgIpc) is 2.47. The summed E-state index contributed by atoms with van der Waals surface area (Å²) in [5, 5.41) is 0. The van der Waals surface area contributed by atoms with Gasteiger partial charge in [0.15, 0.2) is 5.78 Å². The summed E-state index contributed by atoms with van der Waals surface area (Å²) in [6, 6.07) is 17.7. The summed E-state index contributed by atoms with van der Waals surface area (Å²) in [7, 11) is 2.09. The minimum Gasteiger partial charge on any atom is -0.370 e. The van der Waals surface area contributed by atoms with Gasteiger partial charge in [0.1, 0.15) is 0 Å². The molecule has 2 heteroatoms. The second-order valence-electron chi connectivity index (χ2n) is 6.36. The molecule has 2 rings (SSSR count). The van der Waals surface area contributed by atoms with Gasteiger partial charge in [-0.2, -0.15) is 0 Å². The third kappa shape index (κ3) is 3.94. The first-order valence-electron chi connectivity index (χ1n) is 7.29. The van der Waals surface area contributed by atoms with Crippen molar-refractivity contribution in [1.82, 2.24) is 0 Å². The molecular weight excluding hydrogens is 258 g/mol. The predicted molar refractivity (Wildman–Crippen MR) is 89.1 cm³/mol. The van der Waals surface area contributed by atoms with Crippen molar-refractivity contribution < 1.29 is 4.79 Å². The van der Waals surface area contributed by atoms with Crippen molar-refractivity contribution in [3.8, 4) is 0 Å². The molecule has 0 atom stereocenters. The SMILES string of the molecule is CN(c1ccc(CC(=O)c2ccccc2)cc1)C(C)(C)C.